The summed E-state index contributed by atoms with van der Waals surface area (Å²) in [5.74, 6) is 0.831. The molecule has 0 spiro atoms. The van der Waals surface area contributed by atoms with E-state index in [1.54, 1.807) is 7.11 Å². The molecule has 140 valence electrons. The second kappa shape index (κ2) is 7.66. The first kappa shape index (κ1) is 19.1. The van der Waals surface area contributed by atoms with Crippen molar-refractivity contribution in [2.24, 2.45) is 0 Å². The van der Waals surface area contributed by atoms with Gasteiger partial charge in [0.15, 0.2) is 0 Å². The van der Waals surface area contributed by atoms with Crippen molar-refractivity contribution in [3.8, 4) is 5.75 Å². The monoisotopic (exact) mass is 494 g/mol. The van der Waals surface area contributed by atoms with Gasteiger partial charge in [-0.25, -0.2) is 0 Å². The van der Waals surface area contributed by atoms with Gasteiger partial charge in [-0.3, -0.25) is 0 Å². The van der Waals surface area contributed by atoms with E-state index in [0.29, 0.717) is 0 Å². The van der Waals surface area contributed by atoms with Crippen LogP contribution < -0.4 is 18.8 Å². The number of ether oxygens (including phenoxy) is 1. The summed E-state index contributed by atoms with van der Waals surface area (Å²) in [6.45, 7) is 0. The van der Waals surface area contributed by atoms with Crippen molar-refractivity contribution in [2.45, 2.75) is 0 Å². The zero-order valence-electron chi connectivity index (χ0n) is 15.7. The minimum atomic E-state index is -4.53. The van der Waals surface area contributed by atoms with Crippen LogP contribution >= 0.6 is 8.83 Å². The van der Waals surface area contributed by atoms with Crippen LogP contribution in [0, 0.1) is 0 Å². The molecule has 0 saturated heterocycles. The van der Waals surface area contributed by atoms with E-state index in [-0.39, 0.29) is 0 Å². The van der Waals surface area contributed by atoms with E-state index in [1.165, 1.54) is 14.0 Å². The molecule has 0 aromatic heterocycles. The summed E-state index contributed by atoms with van der Waals surface area (Å²) in [6, 6.07) is 40.0. The minimum absolute atomic E-state index is 0.831. The van der Waals surface area contributed by atoms with Gasteiger partial charge in [0.25, 0.3) is 0 Å². The molecule has 0 aliphatic heterocycles. The normalized spacial score (nSPS) is 12.7. The fraction of sp³-hybridized carbons (Fsp3) is 0.0400. The van der Waals surface area contributed by atoms with Crippen LogP contribution in [0.2, 0.25) is 0 Å². The Labute approximate surface area is 171 Å². The maximum atomic E-state index is 8.16. The van der Waals surface area contributed by atoms with Crippen molar-refractivity contribution < 1.29 is 4.74 Å². The van der Waals surface area contributed by atoms with Crippen LogP contribution in [0.25, 0.3) is 0 Å². The van der Waals surface area contributed by atoms with Crippen molar-refractivity contribution in [1.29, 1.82) is 0 Å². The Morgan fingerprint density at radius 2 is 0.821 bits per heavy atom. The number of hydrogen-bond donors (Lipinski definition) is 0. The van der Waals surface area contributed by atoms with Gasteiger partial charge >= 0.3 is 172 Å². The zero-order valence-corrected chi connectivity index (χ0v) is 19.0. The quantitative estimate of drug-likeness (QED) is 0.383. The molecular formula is C25H22ClOSb. The molecule has 3 heteroatoms. The number of benzene rings is 4. The SMILES string of the molecule is COc1cc[c]([Sb]([Cl])([c]2ccccc2)([c]2ccccc2)[c]2ccccc2)cc1. The van der Waals surface area contributed by atoms with E-state index < -0.39 is 16.3 Å². The molecular weight excluding hydrogens is 473 g/mol. The fourth-order valence-electron chi connectivity index (χ4n) is 3.88. The molecule has 0 N–H and O–H groups in total. The number of methoxy groups -OCH3 is 1. The molecule has 4 aromatic rings. The standard InChI is InChI=1S/C7H7O.3C6H5.ClH.Sb/c1-8-7-5-3-2-4-6-7;3*1-2-4-6-5-3-1;;/h3-6H,1H3;3*1-5H;1H;/q;;;;;+1/p-1. The average molecular weight is 496 g/mol. The first-order valence-corrected chi connectivity index (χ1v) is 17.6. The van der Waals surface area contributed by atoms with Crippen LogP contribution in [-0.2, 0) is 0 Å². The molecule has 28 heavy (non-hydrogen) atoms. The van der Waals surface area contributed by atoms with Gasteiger partial charge in [0.05, 0.1) is 0 Å². The molecule has 4 rings (SSSR count). The van der Waals surface area contributed by atoms with Gasteiger partial charge in [0.2, 0.25) is 0 Å². The molecule has 0 atom stereocenters. The first-order valence-electron chi connectivity index (χ1n) is 9.23. The first-order chi connectivity index (χ1) is 13.7. The Bertz CT molecular complexity index is 949. The Morgan fingerprint density at radius 1 is 0.500 bits per heavy atom. The van der Waals surface area contributed by atoms with Crippen LogP contribution in [0.1, 0.15) is 0 Å². The van der Waals surface area contributed by atoms with Crippen LogP contribution in [-0.4, -0.2) is 23.4 Å². The number of hydrogen-bond acceptors (Lipinski definition) is 1. The van der Waals surface area contributed by atoms with Gasteiger partial charge in [-0.15, -0.1) is 0 Å². The van der Waals surface area contributed by atoms with E-state index in [2.05, 4.69) is 84.9 Å². The summed E-state index contributed by atoms with van der Waals surface area (Å²) in [5.41, 5.74) is 0. The molecule has 0 amide bonds. The summed E-state index contributed by atoms with van der Waals surface area (Å²) in [4.78, 5) is 0. The van der Waals surface area contributed by atoms with Crippen LogP contribution in [0.3, 0.4) is 0 Å². The number of rotatable bonds is 5. The third kappa shape index (κ3) is 2.85. The van der Waals surface area contributed by atoms with Gasteiger partial charge < -0.3 is 0 Å². The van der Waals surface area contributed by atoms with E-state index in [4.69, 9.17) is 13.6 Å². The van der Waals surface area contributed by atoms with Gasteiger partial charge in [0, 0.05) is 0 Å². The van der Waals surface area contributed by atoms with Crippen molar-refractivity contribution in [3.05, 3.63) is 115 Å². The summed E-state index contributed by atoms with van der Waals surface area (Å²) in [7, 11) is 9.84. The summed E-state index contributed by atoms with van der Waals surface area (Å²) < 4.78 is 10.2. The van der Waals surface area contributed by atoms with Crippen LogP contribution in [0.15, 0.2) is 115 Å². The predicted molar refractivity (Wildman–Crippen MR) is 122 cm³/mol. The molecule has 0 bridgehead atoms. The molecule has 0 fully saturated rings. The molecule has 0 aliphatic carbocycles. The molecule has 1 nitrogen and oxygen atoms in total. The Morgan fingerprint density at radius 3 is 1.14 bits per heavy atom. The average Bonchev–Trinajstić information content (AvgIpc) is 2.80. The van der Waals surface area contributed by atoms with Gasteiger partial charge in [-0.1, -0.05) is 0 Å². The van der Waals surface area contributed by atoms with Crippen molar-refractivity contribution in [2.75, 3.05) is 7.11 Å². The molecule has 0 radical (unpaired) electrons. The summed E-state index contributed by atoms with van der Waals surface area (Å²) in [5, 5.41) is 0. The Hall–Kier alpha value is -2.21. The van der Waals surface area contributed by atoms with Crippen molar-refractivity contribution in [3.63, 3.8) is 0 Å². The molecule has 0 aliphatic rings. The second-order valence-corrected chi connectivity index (χ2v) is 22.9. The van der Waals surface area contributed by atoms with E-state index in [9.17, 15) is 0 Å². The van der Waals surface area contributed by atoms with Crippen LogP contribution in [0.4, 0.5) is 0 Å². The summed E-state index contributed by atoms with van der Waals surface area (Å²) >= 11 is -4.53. The Kier molecular flexibility index (Phi) is 5.23. The van der Waals surface area contributed by atoms with Crippen molar-refractivity contribution >= 4 is 39.1 Å². The molecule has 0 unspecified atom stereocenters. The van der Waals surface area contributed by atoms with E-state index in [1.807, 2.05) is 30.3 Å². The van der Waals surface area contributed by atoms with Gasteiger partial charge in [-0.05, 0) is 0 Å². The predicted octanol–water partition coefficient (Wildman–Crippen LogP) is 3.76. The molecule has 0 saturated carbocycles. The van der Waals surface area contributed by atoms with Crippen LogP contribution in [0.5, 0.6) is 5.75 Å². The summed E-state index contributed by atoms with van der Waals surface area (Å²) in [6.07, 6.45) is 0. The number of halogens is 1. The van der Waals surface area contributed by atoms with E-state index in [0.717, 1.165) is 5.75 Å². The fourth-order valence-corrected chi connectivity index (χ4v) is 20.3. The molecule has 4 aromatic carbocycles. The zero-order chi connectivity index (χ0) is 19.5. The third-order valence-corrected chi connectivity index (χ3v) is 25.0. The van der Waals surface area contributed by atoms with Gasteiger partial charge in [-0.2, -0.15) is 0 Å². The van der Waals surface area contributed by atoms with E-state index >= 15 is 0 Å². The molecule has 0 heterocycles. The van der Waals surface area contributed by atoms with Crippen molar-refractivity contribution in [1.82, 2.24) is 0 Å². The third-order valence-electron chi connectivity index (χ3n) is 5.28. The maximum absolute atomic E-state index is 8.16. The second-order valence-electron chi connectivity index (χ2n) is 6.71. The topological polar surface area (TPSA) is 9.23 Å². The Balaban J connectivity index is 2.18. The van der Waals surface area contributed by atoms with Gasteiger partial charge in [0.1, 0.15) is 0 Å².